The van der Waals surface area contributed by atoms with Crippen LogP contribution in [0.1, 0.15) is 26.7 Å². The van der Waals surface area contributed by atoms with Gasteiger partial charge in [-0.25, -0.2) is 0 Å². The standard InChI is InChI=1S/C8H16OS2/c1-7(2)6-8-10-4-3-5-11(8)9/h7-8H,3-6H2,1-2H3/t8-,11?/m0/s1. The monoisotopic (exact) mass is 192 g/mol. The molecule has 0 aromatic rings. The number of hydrogen-bond donors (Lipinski definition) is 0. The number of hydrogen-bond acceptors (Lipinski definition) is 2. The topological polar surface area (TPSA) is 17.1 Å². The third kappa shape index (κ3) is 3.16. The van der Waals surface area contributed by atoms with Crippen molar-refractivity contribution in [2.24, 2.45) is 5.92 Å². The zero-order chi connectivity index (χ0) is 8.27. The van der Waals surface area contributed by atoms with Gasteiger partial charge in [-0.15, -0.1) is 11.8 Å². The van der Waals surface area contributed by atoms with E-state index in [1.807, 2.05) is 11.8 Å². The summed E-state index contributed by atoms with van der Waals surface area (Å²) in [7, 11) is -0.536. The Morgan fingerprint density at radius 1 is 1.64 bits per heavy atom. The van der Waals surface area contributed by atoms with Gasteiger partial charge in [0.25, 0.3) is 0 Å². The second-order valence-electron chi connectivity index (χ2n) is 3.37. The minimum Gasteiger partial charge on any atom is -0.258 e. The Bertz CT molecular complexity index is 145. The van der Waals surface area contributed by atoms with Crippen LogP contribution < -0.4 is 0 Å². The Kier molecular flexibility index (Phi) is 3.93. The molecule has 0 N–H and O–H groups in total. The lowest BCUT2D eigenvalue weighted by molar-refractivity contribution is 0.604. The predicted molar refractivity (Wildman–Crippen MR) is 53.3 cm³/mol. The van der Waals surface area contributed by atoms with Gasteiger partial charge >= 0.3 is 0 Å². The van der Waals surface area contributed by atoms with Gasteiger partial charge in [0.1, 0.15) is 0 Å². The Balaban J connectivity index is 2.36. The lowest BCUT2D eigenvalue weighted by Gasteiger charge is -2.22. The van der Waals surface area contributed by atoms with Gasteiger partial charge in [0.15, 0.2) is 0 Å². The average molecular weight is 192 g/mol. The van der Waals surface area contributed by atoms with Crippen molar-refractivity contribution in [1.82, 2.24) is 0 Å². The Morgan fingerprint density at radius 2 is 2.36 bits per heavy atom. The zero-order valence-electron chi connectivity index (χ0n) is 7.21. The molecule has 1 saturated heterocycles. The highest BCUT2D eigenvalue weighted by atomic mass is 32.2. The van der Waals surface area contributed by atoms with Crippen LogP contribution in [-0.2, 0) is 10.8 Å². The predicted octanol–water partition coefficient (Wildman–Crippen LogP) is 2.24. The highest BCUT2D eigenvalue weighted by Crippen LogP contribution is 2.27. The molecule has 0 aromatic heterocycles. The van der Waals surface area contributed by atoms with Crippen LogP contribution in [0.25, 0.3) is 0 Å². The lowest BCUT2D eigenvalue weighted by atomic mass is 10.2. The Labute approximate surface area is 75.8 Å². The van der Waals surface area contributed by atoms with Crippen molar-refractivity contribution in [2.75, 3.05) is 11.5 Å². The maximum absolute atomic E-state index is 11.4. The molecule has 66 valence electrons. The van der Waals surface area contributed by atoms with Crippen LogP contribution in [0.4, 0.5) is 0 Å². The normalized spacial score (nSPS) is 32.6. The van der Waals surface area contributed by atoms with Crippen LogP contribution in [0.2, 0.25) is 0 Å². The molecule has 1 rings (SSSR count). The molecular formula is C8H16OS2. The van der Waals surface area contributed by atoms with E-state index in [2.05, 4.69) is 13.8 Å². The fourth-order valence-corrected chi connectivity index (χ4v) is 4.94. The molecule has 0 aromatic carbocycles. The van der Waals surface area contributed by atoms with E-state index in [9.17, 15) is 4.21 Å². The molecule has 3 heteroatoms. The summed E-state index contributed by atoms with van der Waals surface area (Å²) in [6.45, 7) is 4.40. The summed E-state index contributed by atoms with van der Waals surface area (Å²) in [6, 6.07) is 0. The fourth-order valence-electron chi connectivity index (χ4n) is 1.18. The highest BCUT2D eigenvalue weighted by Gasteiger charge is 2.21. The smallest absolute Gasteiger partial charge is 0.0803 e. The third-order valence-corrected chi connectivity index (χ3v) is 5.36. The summed E-state index contributed by atoms with van der Waals surface area (Å²) in [4.78, 5) is 0. The van der Waals surface area contributed by atoms with E-state index in [1.165, 1.54) is 5.75 Å². The van der Waals surface area contributed by atoms with Crippen LogP contribution in [0, 0.1) is 5.92 Å². The first-order chi connectivity index (χ1) is 5.20. The Hall–Kier alpha value is 0.500. The molecule has 1 fully saturated rings. The molecule has 1 nitrogen and oxygen atoms in total. The van der Waals surface area contributed by atoms with Gasteiger partial charge in [-0.2, -0.15) is 0 Å². The lowest BCUT2D eigenvalue weighted by Crippen LogP contribution is -2.21. The van der Waals surface area contributed by atoms with Crippen LogP contribution >= 0.6 is 11.8 Å². The van der Waals surface area contributed by atoms with Gasteiger partial charge in [0.05, 0.1) is 4.58 Å². The van der Waals surface area contributed by atoms with Crippen molar-refractivity contribution < 1.29 is 4.21 Å². The van der Waals surface area contributed by atoms with Crippen molar-refractivity contribution >= 4 is 22.6 Å². The van der Waals surface area contributed by atoms with E-state index < -0.39 is 10.8 Å². The molecule has 0 amide bonds. The molecule has 1 unspecified atom stereocenters. The van der Waals surface area contributed by atoms with Gasteiger partial charge in [-0.05, 0) is 24.5 Å². The largest absolute Gasteiger partial charge is 0.258 e. The molecule has 0 aliphatic carbocycles. The number of rotatable bonds is 2. The minimum atomic E-state index is -0.536. The zero-order valence-corrected chi connectivity index (χ0v) is 8.84. The van der Waals surface area contributed by atoms with Crippen LogP contribution in [0.15, 0.2) is 0 Å². The molecule has 1 aliphatic heterocycles. The molecule has 1 aliphatic rings. The van der Waals surface area contributed by atoms with Crippen molar-refractivity contribution in [2.45, 2.75) is 31.3 Å². The minimum absolute atomic E-state index is 0.434. The van der Waals surface area contributed by atoms with Gasteiger partial charge in [-0.3, -0.25) is 4.21 Å². The molecule has 0 saturated carbocycles. The first kappa shape index (κ1) is 9.59. The van der Waals surface area contributed by atoms with Gasteiger partial charge < -0.3 is 0 Å². The molecule has 0 spiro atoms. The van der Waals surface area contributed by atoms with E-state index in [0.29, 0.717) is 10.5 Å². The summed E-state index contributed by atoms with van der Waals surface area (Å²) in [5.41, 5.74) is 0. The summed E-state index contributed by atoms with van der Waals surface area (Å²) >= 11 is 1.90. The van der Waals surface area contributed by atoms with E-state index in [0.717, 1.165) is 18.6 Å². The van der Waals surface area contributed by atoms with Gasteiger partial charge in [0.2, 0.25) is 0 Å². The molecule has 0 radical (unpaired) electrons. The van der Waals surface area contributed by atoms with Crippen molar-refractivity contribution in [3.8, 4) is 0 Å². The quantitative estimate of drug-likeness (QED) is 0.667. The second-order valence-corrected chi connectivity index (χ2v) is 6.72. The van der Waals surface area contributed by atoms with E-state index in [-0.39, 0.29) is 0 Å². The van der Waals surface area contributed by atoms with Crippen LogP contribution in [0.3, 0.4) is 0 Å². The maximum atomic E-state index is 11.4. The van der Waals surface area contributed by atoms with Crippen LogP contribution in [0.5, 0.6) is 0 Å². The number of thioether (sulfide) groups is 1. The summed E-state index contributed by atoms with van der Waals surface area (Å²) in [5.74, 6) is 2.84. The first-order valence-corrected chi connectivity index (χ1v) is 6.62. The van der Waals surface area contributed by atoms with Gasteiger partial charge in [-0.1, -0.05) is 13.8 Å². The third-order valence-electron chi connectivity index (χ3n) is 1.75. The average Bonchev–Trinajstić information content (AvgIpc) is 1.93. The molecule has 0 bridgehead atoms. The van der Waals surface area contributed by atoms with Crippen molar-refractivity contribution in [3.63, 3.8) is 0 Å². The summed E-state index contributed by atoms with van der Waals surface area (Å²) < 4.78 is 11.9. The molecular weight excluding hydrogens is 176 g/mol. The highest BCUT2D eigenvalue weighted by molar-refractivity contribution is 8.11. The van der Waals surface area contributed by atoms with Crippen molar-refractivity contribution in [3.05, 3.63) is 0 Å². The second kappa shape index (κ2) is 4.51. The Morgan fingerprint density at radius 3 is 2.91 bits per heavy atom. The fraction of sp³-hybridized carbons (Fsp3) is 1.00. The van der Waals surface area contributed by atoms with Crippen LogP contribution in [-0.4, -0.2) is 20.3 Å². The van der Waals surface area contributed by atoms with Gasteiger partial charge in [0, 0.05) is 16.6 Å². The van der Waals surface area contributed by atoms with Crippen molar-refractivity contribution in [1.29, 1.82) is 0 Å². The molecule has 2 atom stereocenters. The molecule has 1 heterocycles. The summed E-state index contributed by atoms with van der Waals surface area (Å²) in [5, 5.41) is 0. The van der Waals surface area contributed by atoms with E-state index in [4.69, 9.17) is 0 Å². The maximum Gasteiger partial charge on any atom is 0.0803 e. The van der Waals surface area contributed by atoms with E-state index in [1.54, 1.807) is 0 Å². The first-order valence-electron chi connectivity index (χ1n) is 4.19. The SMILES string of the molecule is CC(C)C[C@H]1SCCCS1=O. The summed E-state index contributed by atoms with van der Waals surface area (Å²) in [6.07, 6.45) is 2.27. The molecule has 11 heavy (non-hydrogen) atoms. The van der Waals surface area contributed by atoms with E-state index >= 15 is 0 Å².